The number of carbonyl (C=O) groups excluding carboxylic acids is 1. The Bertz CT molecular complexity index is 834. The number of carbonyl (C=O) groups is 1. The van der Waals surface area contributed by atoms with E-state index in [0.29, 0.717) is 11.4 Å². The van der Waals surface area contributed by atoms with Gasteiger partial charge in [-0.3, -0.25) is 9.10 Å². The summed E-state index contributed by atoms with van der Waals surface area (Å²) in [7, 11) is -2.11. The summed E-state index contributed by atoms with van der Waals surface area (Å²) in [6.07, 6.45) is 2.52. The average Bonchev–Trinajstić information content (AvgIpc) is 2.60. The zero-order chi connectivity index (χ0) is 18.3. The van der Waals surface area contributed by atoms with Gasteiger partial charge in [-0.2, -0.15) is 5.10 Å². The predicted molar refractivity (Wildman–Crippen MR) is 97.4 cm³/mol. The van der Waals surface area contributed by atoms with E-state index in [0.717, 1.165) is 16.1 Å². The van der Waals surface area contributed by atoms with Gasteiger partial charge in [0.25, 0.3) is 5.91 Å². The van der Waals surface area contributed by atoms with E-state index in [-0.39, 0.29) is 6.54 Å². The van der Waals surface area contributed by atoms with Gasteiger partial charge in [-0.25, -0.2) is 13.8 Å². The third-order valence-corrected chi connectivity index (χ3v) is 4.39. The SMILES string of the molecule is COc1ccc(N(CC(=O)N/N=C/c2ccccc2)S(C)(=O)=O)cc1. The highest BCUT2D eigenvalue weighted by atomic mass is 32.2. The molecule has 1 amide bonds. The number of hydrogen-bond acceptors (Lipinski definition) is 5. The second-order valence-electron chi connectivity index (χ2n) is 5.17. The molecule has 0 heterocycles. The molecule has 0 saturated heterocycles. The van der Waals surface area contributed by atoms with E-state index in [4.69, 9.17) is 4.74 Å². The number of hydrogen-bond donors (Lipinski definition) is 1. The van der Waals surface area contributed by atoms with Crippen molar-refractivity contribution in [2.75, 3.05) is 24.2 Å². The molecular weight excluding hydrogens is 342 g/mol. The zero-order valence-corrected chi connectivity index (χ0v) is 14.7. The summed E-state index contributed by atoms with van der Waals surface area (Å²) in [5.41, 5.74) is 3.51. The van der Waals surface area contributed by atoms with Crippen LogP contribution in [0.3, 0.4) is 0 Å². The number of benzene rings is 2. The molecular formula is C17H19N3O4S. The summed E-state index contributed by atoms with van der Waals surface area (Å²) in [6.45, 7) is -0.378. The molecule has 1 N–H and O–H groups in total. The molecule has 0 atom stereocenters. The Balaban J connectivity index is 2.06. The van der Waals surface area contributed by atoms with E-state index in [9.17, 15) is 13.2 Å². The molecule has 0 bridgehead atoms. The summed E-state index contributed by atoms with van der Waals surface area (Å²) in [5.74, 6) is 0.0440. The number of nitrogens with one attached hydrogen (secondary N) is 1. The summed E-state index contributed by atoms with van der Waals surface area (Å²) in [6, 6.07) is 15.6. The minimum Gasteiger partial charge on any atom is -0.497 e. The second kappa shape index (κ2) is 8.29. The van der Waals surface area contributed by atoms with Gasteiger partial charge in [-0.05, 0) is 29.8 Å². The molecule has 0 unspecified atom stereocenters. The zero-order valence-electron chi connectivity index (χ0n) is 13.9. The van der Waals surface area contributed by atoms with Crippen molar-refractivity contribution in [2.24, 2.45) is 5.10 Å². The van der Waals surface area contributed by atoms with Crippen molar-refractivity contribution in [1.29, 1.82) is 0 Å². The fourth-order valence-electron chi connectivity index (χ4n) is 2.03. The van der Waals surface area contributed by atoms with Gasteiger partial charge in [0.05, 0.1) is 25.3 Å². The van der Waals surface area contributed by atoms with Crippen LogP contribution in [-0.2, 0) is 14.8 Å². The number of methoxy groups -OCH3 is 1. The number of nitrogens with zero attached hydrogens (tertiary/aromatic N) is 2. The molecule has 25 heavy (non-hydrogen) atoms. The van der Waals surface area contributed by atoms with Crippen LogP contribution in [-0.4, -0.2) is 40.4 Å². The lowest BCUT2D eigenvalue weighted by molar-refractivity contribution is -0.119. The van der Waals surface area contributed by atoms with Crippen LogP contribution in [0.5, 0.6) is 5.75 Å². The van der Waals surface area contributed by atoms with Gasteiger partial charge in [0.15, 0.2) is 0 Å². The van der Waals surface area contributed by atoms with Crippen LogP contribution in [0, 0.1) is 0 Å². The van der Waals surface area contributed by atoms with E-state index in [2.05, 4.69) is 10.5 Å². The highest BCUT2D eigenvalue weighted by molar-refractivity contribution is 7.92. The van der Waals surface area contributed by atoms with Crippen LogP contribution in [0.2, 0.25) is 0 Å². The van der Waals surface area contributed by atoms with Crippen molar-refractivity contribution in [3.05, 3.63) is 60.2 Å². The van der Waals surface area contributed by atoms with Crippen LogP contribution in [0.15, 0.2) is 59.7 Å². The molecule has 0 radical (unpaired) electrons. The lowest BCUT2D eigenvalue weighted by Gasteiger charge is -2.21. The minimum absolute atomic E-state index is 0.366. The molecule has 7 nitrogen and oxygen atoms in total. The second-order valence-corrected chi connectivity index (χ2v) is 7.08. The Labute approximate surface area is 147 Å². The summed E-state index contributed by atoms with van der Waals surface area (Å²) < 4.78 is 30.0. The topological polar surface area (TPSA) is 88.1 Å². The minimum atomic E-state index is -3.63. The molecule has 132 valence electrons. The lowest BCUT2D eigenvalue weighted by Crippen LogP contribution is -2.38. The molecule has 0 aromatic heterocycles. The molecule has 2 aromatic rings. The number of ether oxygens (including phenoxy) is 1. The maximum Gasteiger partial charge on any atom is 0.260 e. The monoisotopic (exact) mass is 361 g/mol. The third-order valence-electron chi connectivity index (χ3n) is 3.25. The van der Waals surface area contributed by atoms with Crippen molar-refractivity contribution in [2.45, 2.75) is 0 Å². The first-order chi connectivity index (χ1) is 11.9. The van der Waals surface area contributed by atoms with Crippen LogP contribution in [0.25, 0.3) is 0 Å². The highest BCUT2D eigenvalue weighted by Crippen LogP contribution is 2.21. The van der Waals surface area contributed by atoms with Gasteiger partial charge >= 0.3 is 0 Å². The maximum absolute atomic E-state index is 12.0. The van der Waals surface area contributed by atoms with Crippen LogP contribution in [0.1, 0.15) is 5.56 Å². The fraction of sp³-hybridized carbons (Fsp3) is 0.176. The van der Waals surface area contributed by atoms with Crippen molar-refractivity contribution in [3.8, 4) is 5.75 Å². The Morgan fingerprint density at radius 3 is 2.36 bits per heavy atom. The standard InChI is InChI=1S/C17H19N3O4S/c1-24-16-10-8-15(9-11-16)20(25(2,22)23)13-17(21)19-18-12-14-6-4-3-5-7-14/h3-12H,13H2,1-2H3,(H,19,21)/b18-12+. The summed E-state index contributed by atoms with van der Waals surface area (Å²) >= 11 is 0. The van der Waals surface area contributed by atoms with E-state index in [1.807, 2.05) is 30.3 Å². The van der Waals surface area contributed by atoms with Gasteiger partial charge in [-0.15, -0.1) is 0 Å². The van der Waals surface area contributed by atoms with Crippen molar-refractivity contribution >= 4 is 27.8 Å². The summed E-state index contributed by atoms with van der Waals surface area (Å²) in [5, 5.41) is 3.83. The van der Waals surface area contributed by atoms with Crippen LogP contribution < -0.4 is 14.5 Å². The predicted octanol–water partition coefficient (Wildman–Crippen LogP) is 1.61. The molecule has 0 aliphatic carbocycles. The van der Waals surface area contributed by atoms with Crippen LogP contribution >= 0.6 is 0 Å². The first kappa shape index (κ1) is 18.5. The van der Waals surface area contributed by atoms with Crippen molar-refractivity contribution in [3.63, 3.8) is 0 Å². The first-order valence-corrected chi connectivity index (χ1v) is 9.23. The number of anilines is 1. The fourth-order valence-corrected chi connectivity index (χ4v) is 2.89. The Kier molecular flexibility index (Phi) is 6.13. The molecule has 0 saturated carbocycles. The third kappa shape index (κ3) is 5.61. The van der Waals surface area contributed by atoms with E-state index >= 15 is 0 Å². The largest absolute Gasteiger partial charge is 0.497 e. The van der Waals surface area contributed by atoms with E-state index < -0.39 is 15.9 Å². The molecule has 0 aliphatic heterocycles. The van der Waals surface area contributed by atoms with Gasteiger partial charge < -0.3 is 4.74 Å². The van der Waals surface area contributed by atoms with Crippen molar-refractivity contribution < 1.29 is 17.9 Å². The number of hydrazone groups is 1. The number of rotatable bonds is 7. The highest BCUT2D eigenvalue weighted by Gasteiger charge is 2.20. The van der Waals surface area contributed by atoms with Gasteiger partial charge in [0.1, 0.15) is 12.3 Å². The van der Waals surface area contributed by atoms with Gasteiger partial charge in [-0.1, -0.05) is 30.3 Å². The van der Waals surface area contributed by atoms with Crippen LogP contribution in [0.4, 0.5) is 5.69 Å². The molecule has 8 heteroatoms. The summed E-state index contributed by atoms with van der Waals surface area (Å²) in [4.78, 5) is 12.0. The lowest BCUT2D eigenvalue weighted by atomic mass is 10.2. The number of amides is 1. The Hall–Kier alpha value is -2.87. The van der Waals surface area contributed by atoms with E-state index in [1.165, 1.54) is 13.3 Å². The molecule has 2 rings (SSSR count). The Morgan fingerprint density at radius 2 is 1.80 bits per heavy atom. The molecule has 0 fully saturated rings. The smallest absolute Gasteiger partial charge is 0.260 e. The average molecular weight is 361 g/mol. The molecule has 0 aliphatic rings. The molecule has 2 aromatic carbocycles. The maximum atomic E-state index is 12.0. The first-order valence-electron chi connectivity index (χ1n) is 7.39. The molecule has 0 spiro atoms. The van der Waals surface area contributed by atoms with Gasteiger partial charge in [0.2, 0.25) is 10.0 Å². The quantitative estimate of drug-likeness (QED) is 0.599. The van der Waals surface area contributed by atoms with E-state index in [1.54, 1.807) is 24.3 Å². The van der Waals surface area contributed by atoms with Gasteiger partial charge in [0, 0.05) is 0 Å². The number of sulfonamides is 1. The van der Waals surface area contributed by atoms with Crippen molar-refractivity contribution in [1.82, 2.24) is 5.43 Å². The normalized spacial score (nSPS) is 11.3. The Morgan fingerprint density at radius 1 is 1.16 bits per heavy atom.